The van der Waals surface area contributed by atoms with Crippen molar-refractivity contribution in [3.8, 4) is 0 Å². The summed E-state index contributed by atoms with van der Waals surface area (Å²) in [5, 5.41) is 2.79. The summed E-state index contributed by atoms with van der Waals surface area (Å²) < 4.78 is 31.5. The number of ether oxygens (including phenoxy) is 1. The van der Waals surface area contributed by atoms with Gasteiger partial charge >= 0.3 is 0 Å². The van der Waals surface area contributed by atoms with Crippen LogP contribution in [0.15, 0.2) is 30.3 Å². The van der Waals surface area contributed by atoms with Crippen molar-refractivity contribution in [2.45, 2.75) is 18.6 Å². The second-order valence-electron chi connectivity index (χ2n) is 5.72. The third-order valence-electron chi connectivity index (χ3n) is 3.95. The van der Waals surface area contributed by atoms with Crippen molar-refractivity contribution in [2.75, 3.05) is 33.4 Å². The fourth-order valence-electron chi connectivity index (χ4n) is 2.71. The van der Waals surface area contributed by atoms with E-state index in [0.717, 1.165) is 12.0 Å². The molecular weight excluding hydrogens is 316 g/mol. The van der Waals surface area contributed by atoms with Crippen LogP contribution in [0.25, 0.3) is 0 Å². The predicted octanol–water partition coefficient (Wildman–Crippen LogP) is 0.991. The molecule has 1 atom stereocenters. The van der Waals surface area contributed by atoms with Crippen molar-refractivity contribution >= 4 is 15.9 Å². The van der Waals surface area contributed by atoms with E-state index < -0.39 is 10.0 Å². The summed E-state index contributed by atoms with van der Waals surface area (Å²) in [5.41, 5.74) is 0.763. The Bertz CT molecular complexity index is 604. The van der Waals surface area contributed by atoms with Crippen LogP contribution in [0.3, 0.4) is 0 Å². The molecule has 1 amide bonds. The fourth-order valence-corrected chi connectivity index (χ4v) is 4.32. The van der Waals surface area contributed by atoms with E-state index in [2.05, 4.69) is 5.32 Å². The highest BCUT2D eigenvalue weighted by molar-refractivity contribution is 7.88. The first-order valence-electron chi connectivity index (χ1n) is 7.81. The van der Waals surface area contributed by atoms with Crippen molar-refractivity contribution < 1.29 is 17.9 Å². The molecule has 2 rings (SSSR count). The zero-order valence-electron chi connectivity index (χ0n) is 13.4. The van der Waals surface area contributed by atoms with Crippen LogP contribution in [-0.2, 0) is 25.3 Å². The molecule has 1 fully saturated rings. The molecular formula is C16H24N2O4S. The standard InChI is InChI=1S/C16H24N2O4S/c1-22-11-9-17-16(19)15-8-5-10-18(12-15)23(20,21)13-14-6-3-2-4-7-14/h2-4,6-7,15H,5,8-13H2,1H3,(H,17,19)/t15-/m1/s1. The number of benzene rings is 1. The molecule has 128 valence electrons. The molecule has 1 aliphatic rings. The van der Waals surface area contributed by atoms with Crippen LogP contribution >= 0.6 is 0 Å². The van der Waals surface area contributed by atoms with Crippen molar-refractivity contribution in [3.63, 3.8) is 0 Å². The number of nitrogens with one attached hydrogen (secondary N) is 1. The van der Waals surface area contributed by atoms with Crippen LogP contribution < -0.4 is 5.32 Å². The summed E-state index contributed by atoms with van der Waals surface area (Å²) in [6.07, 6.45) is 1.42. The minimum atomic E-state index is -3.40. The Morgan fingerprint density at radius 2 is 2.09 bits per heavy atom. The van der Waals surface area contributed by atoms with Crippen LogP contribution in [0.4, 0.5) is 0 Å². The first-order chi connectivity index (χ1) is 11.0. The molecule has 0 unspecified atom stereocenters. The maximum Gasteiger partial charge on any atom is 0.224 e. The molecule has 1 aromatic rings. The Kier molecular flexibility index (Phi) is 6.56. The van der Waals surface area contributed by atoms with Gasteiger partial charge in [-0.2, -0.15) is 0 Å². The van der Waals surface area contributed by atoms with E-state index in [9.17, 15) is 13.2 Å². The van der Waals surface area contributed by atoms with Crippen LogP contribution in [0.2, 0.25) is 0 Å². The number of sulfonamides is 1. The summed E-state index contributed by atoms with van der Waals surface area (Å²) in [7, 11) is -1.83. The zero-order chi connectivity index (χ0) is 16.7. The van der Waals surface area contributed by atoms with E-state index >= 15 is 0 Å². The number of hydrogen-bond acceptors (Lipinski definition) is 4. The summed E-state index contributed by atoms with van der Waals surface area (Å²) in [4.78, 5) is 12.1. The highest BCUT2D eigenvalue weighted by Gasteiger charge is 2.32. The largest absolute Gasteiger partial charge is 0.383 e. The fraction of sp³-hybridized carbons (Fsp3) is 0.562. The van der Waals surface area contributed by atoms with Gasteiger partial charge in [-0.3, -0.25) is 4.79 Å². The van der Waals surface area contributed by atoms with E-state index in [4.69, 9.17) is 4.74 Å². The Morgan fingerprint density at radius 1 is 1.35 bits per heavy atom. The molecule has 23 heavy (non-hydrogen) atoms. The van der Waals surface area contributed by atoms with Gasteiger partial charge in [0.2, 0.25) is 15.9 Å². The summed E-state index contributed by atoms with van der Waals surface area (Å²) in [6, 6.07) is 9.12. The number of amides is 1. The zero-order valence-corrected chi connectivity index (χ0v) is 14.2. The van der Waals surface area contributed by atoms with Crippen LogP contribution in [0, 0.1) is 5.92 Å². The number of rotatable bonds is 7. The molecule has 7 heteroatoms. The molecule has 0 spiro atoms. The Balaban J connectivity index is 1.95. The number of hydrogen-bond donors (Lipinski definition) is 1. The van der Waals surface area contributed by atoms with Crippen molar-refractivity contribution in [1.29, 1.82) is 0 Å². The van der Waals surface area contributed by atoms with E-state index in [1.807, 2.05) is 18.2 Å². The molecule has 1 aromatic carbocycles. The highest BCUT2D eigenvalue weighted by atomic mass is 32.2. The van der Waals surface area contributed by atoms with Gasteiger partial charge in [-0.25, -0.2) is 12.7 Å². The van der Waals surface area contributed by atoms with Crippen LogP contribution in [0.1, 0.15) is 18.4 Å². The topological polar surface area (TPSA) is 75.7 Å². The van der Waals surface area contributed by atoms with Crippen molar-refractivity contribution in [1.82, 2.24) is 9.62 Å². The lowest BCUT2D eigenvalue weighted by molar-refractivity contribution is -0.126. The normalized spacial score (nSPS) is 19.4. The van der Waals surface area contributed by atoms with Gasteiger partial charge in [0, 0.05) is 26.7 Å². The van der Waals surface area contributed by atoms with E-state index in [-0.39, 0.29) is 24.1 Å². The summed E-state index contributed by atoms with van der Waals surface area (Å²) >= 11 is 0. The minimum absolute atomic E-state index is 0.0220. The number of nitrogens with zero attached hydrogens (tertiary/aromatic N) is 1. The van der Waals surface area contributed by atoms with Crippen molar-refractivity contribution in [2.24, 2.45) is 5.92 Å². The number of carbonyl (C=O) groups is 1. The number of carbonyl (C=O) groups excluding carboxylic acids is 1. The Morgan fingerprint density at radius 3 is 2.78 bits per heavy atom. The molecule has 0 aliphatic carbocycles. The second kappa shape index (κ2) is 8.42. The van der Waals surface area contributed by atoms with Gasteiger partial charge in [-0.05, 0) is 18.4 Å². The Labute approximate surface area is 137 Å². The molecule has 1 aliphatic heterocycles. The summed E-state index contributed by atoms with van der Waals surface area (Å²) in [6.45, 7) is 1.64. The lowest BCUT2D eigenvalue weighted by atomic mass is 9.99. The molecule has 1 saturated heterocycles. The molecule has 0 radical (unpaired) electrons. The van der Waals surface area contributed by atoms with E-state index in [1.165, 1.54) is 4.31 Å². The van der Waals surface area contributed by atoms with E-state index in [0.29, 0.717) is 26.1 Å². The lowest BCUT2D eigenvalue weighted by Crippen LogP contribution is -2.46. The monoisotopic (exact) mass is 340 g/mol. The average molecular weight is 340 g/mol. The smallest absolute Gasteiger partial charge is 0.224 e. The molecule has 1 heterocycles. The number of methoxy groups -OCH3 is 1. The van der Waals surface area contributed by atoms with Gasteiger partial charge < -0.3 is 10.1 Å². The SMILES string of the molecule is COCCNC(=O)[C@@H]1CCCN(S(=O)(=O)Cc2ccccc2)C1. The van der Waals surface area contributed by atoms with Gasteiger partial charge in [0.05, 0.1) is 18.3 Å². The maximum absolute atomic E-state index is 12.6. The first kappa shape index (κ1) is 17.9. The van der Waals surface area contributed by atoms with Gasteiger partial charge in [-0.15, -0.1) is 0 Å². The quantitative estimate of drug-likeness (QED) is 0.751. The molecule has 0 aromatic heterocycles. The van der Waals surface area contributed by atoms with Gasteiger partial charge in [-0.1, -0.05) is 30.3 Å². The predicted molar refractivity (Wildman–Crippen MR) is 88.2 cm³/mol. The van der Waals surface area contributed by atoms with Gasteiger partial charge in [0.25, 0.3) is 0 Å². The highest BCUT2D eigenvalue weighted by Crippen LogP contribution is 2.21. The average Bonchev–Trinajstić information content (AvgIpc) is 2.55. The first-order valence-corrected chi connectivity index (χ1v) is 9.42. The third-order valence-corrected chi connectivity index (χ3v) is 5.76. The van der Waals surface area contributed by atoms with Crippen molar-refractivity contribution in [3.05, 3.63) is 35.9 Å². The van der Waals surface area contributed by atoms with Crippen LogP contribution in [-0.4, -0.2) is 52.0 Å². The van der Waals surface area contributed by atoms with Crippen LogP contribution in [0.5, 0.6) is 0 Å². The Hall–Kier alpha value is -1.44. The number of piperidine rings is 1. The molecule has 0 bridgehead atoms. The van der Waals surface area contributed by atoms with E-state index in [1.54, 1.807) is 19.2 Å². The summed E-state index contributed by atoms with van der Waals surface area (Å²) in [5.74, 6) is -0.404. The molecule has 0 saturated carbocycles. The molecule has 6 nitrogen and oxygen atoms in total. The molecule has 1 N–H and O–H groups in total. The maximum atomic E-state index is 12.6. The van der Waals surface area contributed by atoms with Gasteiger partial charge in [0.15, 0.2) is 0 Å². The van der Waals surface area contributed by atoms with Gasteiger partial charge in [0.1, 0.15) is 0 Å². The second-order valence-corrected chi connectivity index (χ2v) is 7.69. The third kappa shape index (κ3) is 5.30. The lowest BCUT2D eigenvalue weighted by Gasteiger charge is -2.31. The minimum Gasteiger partial charge on any atom is -0.383 e.